The molecule has 3 N–H and O–H groups in total. The normalized spacial score (nSPS) is 17.2. The fourth-order valence-corrected chi connectivity index (χ4v) is 5.09. The molecule has 0 spiro atoms. The van der Waals surface area contributed by atoms with Gasteiger partial charge in [0.25, 0.3) is 5.56 Å². The highest BCUT2D eigenvalue weighted by Gasteiger charge is 2.32. The molecule has 0 radical (unpaired) electrons. The average molecular weight is 548 g/mol. The van der Waals surface area contributed by atoms with E-state index in [1.807, 2.05) is 13.8 Å². The molecule has 1 aromatic heterocycles. The number of aromatic nitrogens is 2. The number of nitrogens with zero attached hydrogens (tertiary/aromatic N) is 5. The van der Waals surface area contributed by atoms with Crippen LogP contribution in [0.3, 0.4) is 0 Å². The molecule has 2 fully saturated rings. The van der Waals surface area contributed by atoms with Gasteiger partial charge in [-0.2, -0.15) is 5.26 Å². The van der Waals surface area contributed by atoms with E-state index in [0.29, 0.717) is 18.6 Å². The number of primary amides is 1. The Labute approximate surface area is 229 Å². The SMILES string of the molecule is CC(C)n1c(=O)n(CC2CC2)c(=O)c2cc(N(C(=O)N3CCNC(C(N)=O)C3)c3ccc(C#N)c(F)c3)ccc21. The van der Waals surface area contributed by atoms with Crippen LogP contribution in [-0.2, 0) is 11.3 Å². The monoisotopic (exact) mass is 547 g/mol. The molecule has 2 aliphatic rings. The number of urea groups is 1. The van der Waals surface area contributed by atoms with E-state index in [9.17, 15) is 28.8 Å². The standard InChI is InChI=1S/C28H30FN7O4/c1-16(2)35-24-8-7-19(11-21(24)26(38)34(28(35)40)14-17-3-4-17)36(20-6-5-18(13-30)22(29)12-20)27(39)33-10-9-32-23(15-33)25(31)37/h5-8,11-12,16-17,23,32H,3-4,9-10,14-15H2,1-2H3,(H2,31,37). The molecule has 2 aromatic carbocycles. The molecule has 1 saturated heterocycles. The van der Waals surface area contributed by atoms with Crippen molar-refractivity contribution in [1.82, 2.24) is 19.4 Å². The molecule has 1 unspecified atom stereocenters. The lowest BCUT2D eigenvalue weighted by Crippen LogP contribution is -2.59. The average Bonchev–Trinajstić information content (AvgIpc) is 3.76. The molecular formula is C28H30FN7O4. The van der Waals surface area contributed by atoms with Crippen LogP contribution in [0.2, 0.25) is 0 Å². The Morgan fingerprint density at radius 1 is 1.18 bits per heavy atom. The highest BCUT2D eigenvalue weighted by atomic mass is 19.1. The van der Waals surface area contributed by atoms with Gasteiger partial charge in [-0.05, 0) is 69.0 Å². The minimum atomic E-state index is -0.811. The largest absolute Gasteiger partial charge is 0.368 e. The first-order chi connectivity index (χ1) is 19.1. The molecule has 3 amide bonds. The number of anilines is 2. The van der Waals surface area contributed by atoms with Crippen molar-refractivity contribution in [2.24, 2.45) is 11.7 Å². The highest BCUT2D eigenvalue weighted by molar-refractivity contribution is 6.01. The third kappa shape index (κ3) is 4.96. The van der Waals surface area contributed by atoms with E-state index >= 15 is 0 Å². The number of carbonyl (C=O) groups is 2. The second-order valence-corrected chi connectivity index (χ2v) is 10.6. The summed E-state index contributed by atoms with van der Waals surface area (Å²) in [6.07, 6.45) is 1.91. The van der Waals surface area contributed by atoms with Crippen molar-refractivity contribution in [2.75, 3.05) is 24.5 Å². The molecule has 5 rings (SSSR count). The van der Waals surface area contributed by atoms with Gasteiger partial charge in [0, 0.05) is 32.2 Å². The van der Waals surface area contributed by atoms with Crippen LogP contribution in [-0.4, -0.2) is 51.6 Å². The molecule has 208 valence electrons. The maximum absolute atomic E-state index is 14.7. The van der Waals surface area contributed by atoms with Gasteiger partial charge in [0.05, 0.1) is 27.8 Å². The van der Waals surface area contributed by atoms with E-state index in [2.05, 4.69) is 5.32 Å². The van der Waals surface area contributed by atoms with Crippen molar-refractivity contribution >= 4 is 34.2 Å². The lowest BCUT2D eigenvalue weighted by Gasteiger charge is -2.36. The zero-order valence-corrected chi connectivity index (χ0v) is 22.3. The first kappa shape index (κ1) is 27.1. The van der Waals surface area contributed by atoms with Crippen LogP contribution in [0.5, 0.6) is 0 Å². The predicted octanol–water partition coefficient (Wildman–Crippen LogP) is 2.18. The van der Waals surface area contributed by atoms with Gasteiger partial charge in [-0.3, -0.25) is 23.6 Å². The summed E-state index contributed by atoms with van der Waals surface area (Å²) in [5.74, 6) is -1.14. The van der Waals surface area contributed by atoms with E-state index in [1.165, 1.54) is 32.6 Å². The summed E-state index contributed by atoms with van der Waals surface area (Å²) in [4.78, 5) is 55.3. The molecule has 1 atom stereocenters. The van der Waals surface area contributed by atoms with Crippen LogP contribution in [0.4, 0.5) is 20.6 Å². The van der Waals surface area contributed by atoms with Crippen LogP contribution in [0, 0.1) is 23.1 Å². The minimum absolute atomic E-state index is 0.00189. The lowest BCUT2D eigenvalue weighted by molar-refractivity contribution is -0.120. The lowest BCUT2D eigenvalue weighted by atomic mass is 10.1. The number of nitriles is 1. The smallest absolute Gasteiger partial charge is 0.331 e. The summed E-state index contributed by atoms with van der Waals surface area (Å²) in [7, 11) is 0. The molecule has 12 heteroatoms. The summed E-state index contributed by atoms with van der Waals surface area (Å²) in [6.45, 7) is 4.61. The van der Waals surface area contributed by atoms with Gasteiger partial charge < -0.3 is 16.0 Å². The second-order valence-electron chi connectivity index (χ2n) is 10.6. The summed E-state index contributed by atoms with van der Waals surface area (Å²) in [6, 6.07) is 8.73. The summed E-state index contributed by atoms with van der Waals surface area (Å²) in [5, 5.41) is 12.4. The fourth-order valence-electron chi connectivity index (χ4n) is 5.09. The number of hydrogen-bond acceptors (Lipinski definition) is 6. The Hall–Kier alpha value is -4.50. The quantitative estimate of drug-likeness (QED) is 0.484. The fraction of sp³-hybridized carbons (Fsp3) is 0.393. The molecule has 0 bridgehead atoms. The van der Waals surface area contributed by atoms with E-state index < -0.39 is 29.4 Å². The van der Waals surface area contributed by atoms with E-state index in [0.717, 1.165) is 18.9 Å². The van der Waals surface area contributed by atoms with Crippen molar-refractivity contribution < 1.29 is 14.0 Å². The van der Waals surface area contributed by atoms with Crippen molar-refractivity contribution in [3.8, 4) is 6.07 Å². The van der Waals surface area contributed by atoms with Gasteiger partial charge in [0.1, 0.15) is 17.9 Å². The van der Waals surface area contributed by atoms with Crippen LogP contribution in [0.25, 0.3) is 10.9 Å². The third-order valence-corrected chi connectivity index (χ3v) is 7.38. The zero-order chi connectivity index (χ0) is 28.7. The maximum atomic E-state index is 14.7. The number of halogens is 1. The Bertz CT molecular complexity index is 1670. The van der Waals surface area contributed by atoms with Gasteiger partial charge in [0.2, 0.25) is 5.91 Å². The summed E-state index contributed by atoms with van der Waals surface area (Å²) < 4.78 is 17.6. The number of fused-ring (bicyclic) bond motifs is 1. The zero-order valence-electron chi connectivity index (χ0n) is 22.3. The summed E-state index contributed by atoms with van der Waals surface area (Å²) in [5.41, 5.74) is 5.26. The van der Waals surface area contributed by atoms with Crippen molar-refractivity contribution in [2.45, 2.75) is 45.3 Å². The predicted molar refractivity (Wildman–Crippen MR) is 147 cm³/mol. The molecular weight excluding hydrogens is 517 g/mol. The van der Waals surface area contributed by atoms with Crippen molar-refractivity contribution in [1.29, 1.82) is 5.26 Å². The van der Waals surface area contributed by atoms with Crippen LogP contribution in [0.15, 0.2) is 46.0 Å². The number of nitrogens with one attached hydrogen (secondary N) is 1. The first-order valence-electron chi connectivity index (χ1n) is 13.2. The van der Waals surface area contributed by atoms with Crippen molar-refractivity contribution in [3.05, 3.63) is 68.6 Å². The highest BCUT2D eigenvalue weighted by Crippen LogP contribution is 2.32. The Balaban J connectivity index is 1.68. The number of amides is 3. The maximum Gasteiger partial charge on any atom is 0.331 e. The molecule has 1 aliphatic carbocycles. The Morgan fingerprint density at radius 3 is 2.50 bits per heavy atom. The van der Waals surface area contributed by atoms with Gasteiger partial charge in [-0.1, -0.05) is 0 Å². The molecule has 2 heterocycles. The topological polar surface area (TPSA) is 146 Å². The van der Waals surface area contributed by atoms with Crippen molar-refractivity contribution in [3.63, 3.8) is 0 Å². The van der Waals surface area contributed by atoms with E-state index in [1.54, 1.807) is 22.8 Å². The van der Waals surface area contributed by atoms with Gasteiger partial charge in [-0.15, -0.1) is 0 Å². The Kier molecular flexibility index (Phi) is 7.16. The number of nitrogens with two attached hydrogens (primary N) is 1. The third-order valence-electron chi connectivity index (χ3n) is 7.38. The van der Waals surface area contributed by atoms with Crippen LogP contribution in [0.1, 0.15) is 38.3 Å². The molecule has 1 saturated carbocycles. The number of benzene rings is 2. The second kappa shape index (κ2) is 10.6. The number of piperazine rings is 1. The molecule has 3 aromatic rings. The van der Waals surface area contributed by atoms with Crippen LogP contribution < -0.4 is 27.2 Å². The summed E-state index contributed by atoms with van der Waals surface area (Å²) >= 11 is 0. The van der Waals surface area contributed by atoms with E-state index in [4.69, 9.17) is 5.73 Å². The molecule has 11 nitrogen and oxygen atoms in total. The number of rotatable bonds is 6. The number of carbonyl (C=O) groups excluding carboxylic acids is 2. The van der Waals surface area contributed by atoms with Gasteiger partial charge >= 0.3 is 11.7 Å². The first-order valence-corrected chi connectivity index (χ1v) is 13.2. The van der Waals surface area contributed by atoms with Gasteiger partial charge in [0.15, 0.2) is 0 Å². The van der Waals surface area contributed by atoms with Crippen LogP contribution >= 0.6 is 0 Å². The minimum Gasteiger partial charge on any atom is -0.368 e. The number of hydrogen-bond donors (Lipinski definition) is 2. The van der Waals surface area contributed by atoms with E-state index in [-0.39, 0.29) is 53.1 Å². The Morgan fingerprint density at radius 2 is 1.88 bits per heavy atom. The molecule has 1 aliphatic heterocycles. The van der Waals surface area contributed by atoms with Gasteiger partial charge in [-0.25, -0.2) is 14.0 Å². The molecule has 40 heavy (non-hydrogen) atoms.